The van der Waals surface area contributed by atoms with E-state index in [1.807, 2.05) is 13.8 Å². The van der Waals surface area contributed by atoms with Crippen LogP contribution in [-0.4, -0.2) is 24.3 Å². The first-order chi connectivity index (χ1) is 12.4. The minimum Gasteiger partial charge on any atom is -0.504 e. The molecule has 0 atom stereocenters. The molecule has 1 N–H and O–H groups in total. The van der Waals surface area contributed by atoms with Crippen molar-refractivity contribution >= 4 is 28.3 Å². The molecule has 2 aromatic carbocycles. The number of phenols is 1. The Kier molecular flexibility index (Phi) is 6.98. The molecule has 0 amide bonds. The van der Waals surface area contributed by atoms with Crippen LogP contribution in [0.4, 0.5) is 0 Å². The Balaban J connectivity index is 2.75. The summed E-state index contributed by atoms with van der Waals surface area (Å²) in [4.78, 5) is 12.3. The van der Waals surface area contributed by atoms with Crippen LogP contribution >= 0.6 is 11.6 Å². The van der Waals surface area contributed by atoms with E-state index in [9.17, 15) is 9.90 Å². The minimum absolute atomic E-state index is 0.0550. The highest BCUT2D eigenvalue weighted by atomic mass is 35.5. The third kappa shape index (κ3) is 4.33. The van der Waals surface area contributed by atoms with Crippen molar-refractivity contribution in [3.63, 3.8) is 0 Å². The maximum Gasteiger partial charge on any atom is 0.313 e. The predicted octanol–water partition coefficient (Wildman–Crippen LogP) is 5.34. The van der Waals surface area contributed by atoms with Crippen LogP contribution in [-0.2, 0) is 4.79 Å². The maximum absolute atomic E-state index is 12.3. The molecule has 2 rings (SSSR count). The van der Waals surface area contributed by atoms with Crippen molar-refractivity contribution in [1.82, 2.24) is 0 Å². The van der Waals surface area contributed by atoms with Crippen molar-refractivity contribution in [3.8, 4) is 23.0 Å². The monoisotopic (exact) mass is 380 g/mol. The maximum atomic E-state index is 12.3. The van der Waals surface area contributed by atoms with Crippen molar-refractivity contribution in [2.75, 3.05) is 13.2 Å². The summed E-state index contributed by atoms with van der Waals surface area (Å²) in [6, 6.07) is 4.97. The molecule has 6 heteroatoms. The van der Waals surface area contributed by atoms with Gasteiger partial charge in [0.2, 0.25) is 11.5 Å². The molecule has 0 aliphatic carbocycles. The normalized spacial score (nSPS) is 11.0. The molecule has 0 heterocycles. The van der Waals surface area contributed by atoms with Crippen molar-refractivity contribution in [2.45, 2.75) is 40.5 Å². The number of fused-ring (bicyclic) bond motifs is 1. The molecule has 0 spiro atoms. The van der Waals surface area contributed by atoms with E-state index in [1.165, 1.54) is 0 Å². The summed E-state index contributed by atoms with van der Waals surface area (Å²) < 4.78 is 17.2. The summed E-state index contributed by atoms with van der Waals surface area (Å²) in [5, 5.41) is 12.2. The summed E-state index contributed by atoms with van der Waals surface area (Å²) in [6.07, 6.45) is 1.51. The SMILES string of the molecule is CCCOc1c(OCCC)c(OC(=O)C(C)C)c2cc(Cl)ccc2c1O. The fourth-order valence-electron chi connectivity index (χ4n) is 2.36. The van der Waals surface area contributed by atoms with E-state index in [0.717, 1.165) is 12.8 Å². The van der Waals surface area contributed by atoms with Gasteiger partial charge in [-0.05, 0) is 31.0 Å². The Hall–Kier alpha value is -2.14. The van der Waals surface area contributed by atoms with Crippen LogP contribution in [0.3, 0.4) is 0 Å². The number of hydrogen-bond donors (Lipinski definition) is 1. The highest BCUT2D eigenvalue weighted by molar-refractivity contribution is 6.31. The molecular formula is C20H25ClO5. The van der Waals surface area contributed by atoms with Crippen molar-refractivity contribution < 1.29 is 24.1 Å². The molecule has 0 bridgehead atoms. The number of rotatable bonds is 8. The van der Waals surface area contributed by atoms with Gasteiger partial charge in [-0.2, -0.15) is 0 Å². The zero-order valence-electron chi connectivity index (χ0n) is 15.6. The molecule has 0 aromatic heterocycles. The van der Waals surface area contributed by atoms with E-state index in [-0.39, 0.29) is 28.9 Å². The van der Waals surface area contributed by atoms with E-state index >= 15 is 0 Å². The van der Waals surface area contributed by atoms with Gasteiger partial charge in [-0.1, -0.05) is 39.3 Å². The zero-order valence-corrected chi connectivity index (χ0v) is 16.4. The predicted molar refractivity (Wildman–Crippen MR) is 103 cm³/mol. The summed E-state index contributed by atoms with van der Waals surface area (Å²) in [7, 11) is 0. The first-order valence-corrected chi connectivity index (χ1v) is 9.23. The number of aromatic hydroxyl groups is 1. The summed E-state index contributed by atoms with van der Waals surface area (Å²) in [5.74, 6) is -0.154. The van der Waals surface area contributed by atoms with E-state index in [1.54, 1.807) is 32.0 Å². The van der Waals surface area contributed by atoms with Gasteiger partial charge in [0.25, 0.3) is 0 Å². The van der Waals surface area contributed by atoms with Gasteiger partial charge in [0.05, 0.1) is 19.1 Å². The second-order valence-corrected chi connectivity index (χ2v) is 6.74. The van der Waals surface area contributed by atoms with Crippen LogP contribution in [0.15, 0.2) is 18.2 Å². The van der Waals surface area contributed by atoms with E-state index in [2.05, 4.69) is 0 Å². The Morgan fingerprint density at radius 1 is 1.04 bits per heavy atom. The number of esters is 1. The van der Waals surface area contributed by atoms with Crippen LogP contribution in [0.1, 0.15) is 40.5 Å². The lowest BCUT2D eigenvalue weighted by Gasteiger charge is -2.20. The molecular weight excluding hydrogens is 356 g/mol. The molecule has 5 nitrogen and oxygen atoms in total. The summed E-state index contributed by atoms with van der Waals surface area (Å²) in [6.45, 7) is 8.21. The van der Waals surface area contributed by atoms with E-state index in [4.69, 9.17) is 25.8 Å². The molecule has 0 fully saturated rings. The van der Waals surface area contributed by atoms with Crippen LogP contribution in [0.25, 0.3) is 10.8 Å². The number of carbonyl (C=O) groups excluding carboxylic acids is 1. The molecule has 0 saturated carbocycles. The fraction of sp³-hybridized carbons (Fsp3) is 0.450. The van der Waals surface area contributed by atoms with Crippen LogP contribution in [0.2, 0.25) is 5.02 Å². The number of carbonyl (C=O) groups is 1. The molecule has 2 aromatic rings. The van der Waals surface area contributed by atoms with E-state index in [0.29, 0.717) is 29.0 Å². The largest absolute Gasteiger partial charge is 0.504 e. The second kappa shape index (κ2) is 8.99. The van der Waals surface area contributed by atoms with Gasteiger partial charge in [-0.15, -0.1) is 0 Å². The number of hydrogen-bond acceptors (Lipinski definition) is 5. The molecule has 142 valence electrons. The molecule has 0 aliphatic heterocycles. The fourth-order valence-corrected chi connectivity index (χ4v) is 2.53. The molecule has 0 saturated heterocycles. The number of halogens is 1. The van der Waals surface area contributed by atoms with Crippen LogP contribution in [0.5, 0.6) is 23.0 Å². The van der Waals surface area contributed by atoms with E-state index < -0.39 is 5.97 Å². The van der Waals surface area contributed by atoms with Gasteiger partial charge in [0, 0.05) is 15.8 Å². The van der Waals surface area contributed by atoms with Crippen molar-refractivity contribution in [1.29, 1.82) is 0 Å². The molecule has 0 radical (unpaired) electrons. The summed E-state index contributed by atoms with van der Waals surface area (Å²) >= 11 is 6.13. The second-order valence-electron chi connectivity index (χ2n) is 6.30. The Labute approximate surface area is 158 Å². The van der Waals surface area contributed by atoms with Crippen LogP contribution < -0.4 is 14.2 Å². The Morgan fingerprint density at radius 2 is 1.65 bits per heavy atom. The number of ether oxygens (including phenoxy) is 3. The van der Waals surface area contributed by atoms with Gasteiger partial charge >= 0.3 is 5.97 Å². The highest BCUT2D eigenvalue weighted by Gasteiger charge is 2.26. The lowest BCUT2D eigenvalue weighted by atomic mass is 10.1. The van der Waals surface area contributed by atoms with Crippen molar-refractivity contribution in [3.05, 3.63) is 23.2 Å². The third-order valence-corrected chi connectivity index (χ3v) is 3.92. The van der Waals surface area contributed by atoms with Crippen LogP contribution in [0, 0.1) is 5.92 Å². The molecule has 0 aliphatic rings. The summed E-state index contributed by atoms with van der Waals surface area (Å²) in [5.41, 5.74) is 0. The first kappa shape index (κ1) is 20.2. The number of benzene rings is 2. The Bertz CT molecular complexity index is 786. The third-order valence-electron chi connectivity index (χ3n) is 3.68. The number of phenolic OH excluding ortho intramolecular Hbond substituents is 1. The van der Waals surface area contributed by atoms with Gasteiger partial charge in [0.1, 0.15) is 0 Å². The quantitative estimate of drug-likeness (QED) is 0.494. The highest BCUT2D eigenvalue weighted by Crippen LogP contribution is 2.51. The van der Waals surface area contributed by atoms with Gasteiger partial charge in [0.15, 0.2) is 11.5 Å². The lowest BCUT2D eigenvalue weighted by Crippen LogP contribution is -2.16. The lowest BCUT2D eigenvalue weighted by molar-refractivity contribution is -0.137. The first-order valence-electron chi connectivity index (χ1n) is 8.86. The van der Waals surface area contributed by atoms with Gasteiger partial charge in [-0.25, -0.2) is 0 Å². The topological polar surface area (TPSA) is 65.0 Å². The zero-order chi connectivity index (χ0) is 19.3. The molecule has 0 unspecified atom stereocenters. The molecule has 26 heavy (non-hydrogen) atoms. The minimum atomic E-state index is -0.403. The Morgan fingerprint density at radius 3 is 2.23 bits per heavy atom. The van der Waals surface area contributed by atoms with Gasteiger partial charge < -0.3 is 19.3 Å². The average molecular weight is 381 g/mol. The average Bonchev–Trinajstić information content (AvgIpc) is 2.61. The van der Waals surface area contributed by atoms with Crippen molar-refractivity contribution in [2.24, 2.45) is 5.92 Å². The smallest absolute Gasteiger partial charge is 0.313 e. The van der Waals surface area contributed by atoms with Gasteiger partial charge in [-0.3, -0.25) is 4.79 Å². The standard InChI is InChI=1S/C20H25ClO5/c1-5-9-24-18-16(22)14-8-7-13(21)11-15(14)17(19(18)25-10-6-2)26-20(23)12(3)4/h7-8,11-12,22H,5-6,9-10H2,1-4H3.